The van der Waals surface area contributed by atoms with Crippen molar-refractivity contribution in [2.75, 3.05) is 11.9 Å². The number of anilines is 1. The molecule has 13 heavy (non-hydrogen) atoms. The zero-order valence-electron chi connectivity index (χ0n) is 6.78. The minimum Gasteiger partial charge on any atom is -0.379 e. The van der Waals surface area contributed by atoms with Crippen LogP contribution in [0.4, 0.5) is 10.1 Å². The molecule has 0 unspecified atom stereocenters. The second-order valence-corrected chi connectivity index (χ2v) is 3.68. The van der Waals surface area contributed by atoms with Crippen LogP contribution < -0.4 is 5.32 Å². The van der Waals surface area contributed by atoms with E-state index in [0.717, 1.165) is 0 Å². The summed E-state index contributed by atoms with van der Waals surface area (Å²) in [4.78, 5) is 0. The van der Waals surface area contributed by atoms with E-state index in [-0.39, 0.29) is 5.82 Å². The van der Waals surface area contributed by atoms with Gasteiger partial charge in [-0.05, 0) is 28.1 Å². The minimum absolute atomic E-state index is 0.355. The zero-order chi connectivity index (χ0) is 9.84. The van der Waals surface area contributed by atoms with Crippen molar-refractivity contribution in [1.29, 1.82) is 0 Å². The van der Waals surface area contributed by atoms with Crippen LogP contribution in [-0.2, 0) is 0 Å². The Hall–Kier alpha value is -0.540. The van der Waals surface area contributed by atoms with Crippen LogP contribution in [0.2, 0.25) is 5.02 Å². The summed E-state index contributed by atoms with van der Waals surface area (Å²) in [5.41, 5.74) is 0.683. The lowest BCUT2D eigenvalue weighted by Gasteiger charge is -2.08. The molecular weight excluding hydrogens is 256 g/mol. The zero-order valence-corrected chi connectivity index (χ0v) is 9.12. The fourth-order valence-corrected chi connectivity index (χ4v) is 1.84. The number of halogens is 3. The van der Waals surface area contributed by atoms with E-state index < -0.39 is 0 Å². The van der Waals surface area contributed by atoms with Gasteiger partial charge in [0.05, 0.1) is 10.7 Å². The predicted molar refractivity (Wildman–Crippen MR) is 57.8 cm³/mol. The van der Waals surface area contributed by atoms with Crippen LogP contribution in [0, 0.1) is 5.82 Å². The highest BCUT2D eigenvalue weighted by Gasteiger charge is 2.06. The molecule has 0 spiro atoms. The number of rotatable bonds is 3. The maximum Gasteiger partial charge on any atom is 0.125 e. The van der Waals surface area contributed by atoms with Crippen LogP contribution in [0.25, 0.3) is 0 Å². The summed E-state index contributed by atoms with van der Waals surface area (Å²) in [7, 11) is 0. The molecule has 0 fully saturated rings. The van der Waals surface area contributed by atoms with Crippen LogP contribution in [0.1, 0.15) is 0 Å². The van der Waals surface area contributed by atoms with Crippen molar-refractivity contribution >= 4 is 33.2 Å². The first kappa shape index (κ1) is 10.5. The van der Waals surface area contributed by atoms with E-state index in [0.29, 0.717) is 21.7 Å². The highest BCUT2D eigenvalue weighted by Crippen LogP contribution is 2.31. The van der Waals surface area contributed by atoms with E-state index in [9.17, 15) is 4.39 Å². The van der Waals surface area contributed by atoms with Gasteiger partial charge < -0.3 is 5.32 Å². The monoisotopic (exact) mass is 263 g/mol. The number of benzene rings is 1. The van der Waals surface area contributed by atoms with Crippen LogP contribution in [0.3, 0.4) is 0 Å². The third-order valence-corrected chi connectivity index (χ3v) is 2.35. The summed E-state index contributed by atoms with van der Waals surface area (Å²) in [6.45, 7) is 4.14. The Morgan fingerprint density at radius 3 is 2.85 bits per heavy atom. The molecule has 1 N–H and O–H groups in total. The summed E-state index contributed by atoms with van der Waals surface area (Å²) in [5, 5.41) is 3.35. The molecule has 0 aliphatic rings. The number of nitrogens with one attached hydrogen (secondary N) is 1. The maximum absolute atomic E-state index is 12.8. The molecule has 0 aliphatic carbocycles. The standard InChI is InChI=1S/C9H8BrClFN/c1-2-3-13-9-7(10)4-6(12)5-8(9)11/h2,4-5,13H,1,3H2. The number of hydrogen-bond acceptors (Lipinski definition) is 1. The second kappa shape index (κ2) is 4.63. The van der Waals surface area contributed by atoms with Crippen molar-refractivity contribution in [3.05, 3.63) is 40.1 Å². The lowest BCUT2D eigenvalue weighted by Crippen LogP contribution is -1.99. The Kier molecular flexibility index (Phi) is 3.75. The van der Waals surface area contributed by atoms with Gasteiger partial charge in [0.2, 0.25) is 0 Å². The first-order valence-corrected chi connectivity index (χ1v) is 4.81. The molecule has 0 aliphatic heterocycles. The Labute approximate surface area is 89.7 Å². The van der Waals surface area contributed by atoms with Crippen molar-refractivity contribution in [3.8, 4) is 0 Å². The molecule has 0 saturated carbocycles. The summed E-state index contributed by atoms with van der Waals surface area (Å²) < 4.78 is 13.4. The first-order chi connectivity index (χ1) is 6.15. The van der Waals surface area contributed by atoms with Crippen LogP contribution in [0.5, 0.6) is 0 Å². The molecule has 0 heterocycles. The van der Waals surface area contributed by atoms with Gasteiger partial charge in [-0.25, -0.2) is 4.39 Å². The van der Waals surface area contributed by atoms with E-state index in [1.54, 1.807) is 6.08 Å². The summed E-state index contributed by atoms with van der Waals surface area (Å²) in [6, 6.07) is 2.62. The Morgan fingerprint density at radius 2 is 2.31 bits per heavy atom. The molecule has 0 atom stereocenters. The Bertz CT molecular complexity index is 304. The van der Waals surface area contributed by atoms with Crippen molar-refractivity contribution in [1.82, 2.24) is 0 Å². The third kappa shape index (κ3) is 2.71. The normalized spacial score (nSPS) is 9.77. The van der Waals surface area contributed by atoms with E-state index >= 15 is 0 Å². The van der Waals surface area contributed by atoms with Gasteiger partial charge in [-0.2, -0.15) is 0 Å². The first-order valence-electron chi connectivity index (χ1n) is 3.64. The van der Waals surface area contributed by atoms with Gasteiger partial charge in [-0.15, -0.1) is 6.58 Å². The molecule has 0 bridgehead atoms. The molecule has 0 amide bonds. The molecule has 0 aromatic heterocycles. The van der Waals surface area contributed by atoms with Gasteiger partial charge in [0.15, 0.2) is 0 Å². The average Bonchev–Trinajstić information content (AvgIpc) is 2.02. The van der Waals surface area contributed by atoms with Crippen LogP contribution >= 0.6 is 27.5 Å². The van der Waals surface area contributed by atoms with Crippen molar-refractivity contribution in [2.24, 2.45) is 0 Å². The molecule has 1 rings (SSSR count). The molecule has 1 aromatic rings. The van der Waals surface area contributed by atoms with E-state index in [1.807, 2.05) is 0 Å². The molecular formula is C9H8BrClFN. The van der Waals surface area contributed by atoms with E-state index in [4.69, 9.17) is 11.6 Å². The SMILES string of the molecule is C=CCNc1c(Cl)cc(F)cc1Br. The highest BCUT2D eigenvalue weighted by molar-refractivity contribution is 9.10. The minimum atomic E-state index is -0.360. The van der Waals surface area contributed by atoms with Crippen molar-refractivity contribution in [3.63, 3.8) is 0 Å². The fourth-order valence-electron chi connectivity index (χ4n) is 0.885. The second-order valence-electron chi connectivity index (χ2n) is 2.41. The molecule has 70 valence electrons. The Balaban J connectivity index is 2.98. The molecule has 4 heteroatoms. The largest absolute Gasteiger partial charge is 0.379 e. The van der Waals surface area contributed by atoms with Crippen molar-refractivity contribution < 1.29 is 4.39 Å². The van der Waals surface area contributed by atoms with E-state index in [2.05, 4.69) is 27.8 Å². The van der Waals surface area contributed by atoms with Gasteiger partial charge in [0, 0.05) is 11.0 Å². The predicted octanol–water partition coefficient (Wildman–Crippen LogP) is 3.84. The third-order valence-electron chi connectivity index (χ3n) is 1.43. The smallest absolute Gasteiger partial charge is 0.125 e. The average molecular weight is 265 g/mol. The van der Waals surface area contributed by atoms with Crippen molar-refractivity contribution in [2.45, 2.75) is 0 Å². The Morgan fingerprint density at radius 1 is 1.62 bits per heavy atom. The maximum atomic E-state index is 12.8. The van der Waals surface area contributed by atoms with Gasteiger partial charge >= 0.3 is 0 Å². The lowest BCUT2D eigenvalue weighted by atomic mass is 10.3. The summed E-state index contributed by atoms with van der Waals surface area (Å²) in [5.74, 6) is -0.360. The number of hydrogen-bond donors (Lipinski definition) is 1. The van der Waals surface area contributed by atoms with Gasteiger partial charge in [0.25, 0.3) is 0 Å². The molecule has 0 saturated heterocycles. The van der Waals surface area contributed by atoms with E-state index in [1.165, 1.54) is 12.1 Å². The highest BCUT2D eigenvalue weighted by atomic mass is 79.9. The summed E-state index contributed by atoms with van der Waals surface area (Å²) >= 11 is 9.01. The molecule has 1 nitrogen and oxygen atoms in total. The quantitative estimate of drug-likeness (QED) is 0.818. The lowest BCUT2D eigenvalue weighted by molar-refractivity contribution is 0.627. The fraction of sp³-hybridized carbons (Fsp3) is 0.111. The van der Waals surface area contributed by atoms with Crippen LogP contribution in [0.15, 0.2) is 29.3 Å². The molecule has 1 aromatic carbocycles. The van der Waals surface area contributed by atoms with Gasteiger partial charge in [-0.3, -0.25) is 0 Å². The van der Waals surface area contributed by atoms with Gasteiger partial charge in [0.1, 0.15) is 5.82 Å². The summed E-state index contributed by atoms with van der Waals surface area (Å²) in [6.07, 6.45) is 1.70. The molecule has 0 radical (unpaired) electrons. The van der Waals surface area contributed by atoms with Gasteiger partial charge in [-0.1, -0.05) is 17.7 Å². The van der Waals surface area contributed by atoms with Crippen LogP contribution in [-0.4, -0.2) is 6.54 Å². The topological polar surface area (TPSA) is 12.0 Å².